The molecule has 0 fully saturated rings. The van der Waals surface area contributed by atoms with E-state index in [1.807, 2.05) is 38.1 Å². The summed E-state index contributed by atoms with van der Waals surface area (Å²) in [5.74, 6) is 0.304. The molecule has 2 aromatic rings. The van der Waals surface area contributed by atoms with Crippen LogP contribution in [-0.2, 0) is 10.0 Å². The first kappa shape index (κ1) is 15.7. The Balaban J connectivity index is 2.32. The van der Waals surface area contributed by atoms with Gasteiger partial charge >= 0.3 is 0 Å². The van der Waals surface area contributed by atoms with E-state index in [0.29, 0.717) is 17.9 Å². The summed E-state index contributed by atoms with van der Waals surface area (Å²) in [6.45, 7) is 7.17. The van der Waals surface area contributed by atoms with Gasteiger partial charge in [0.25, 0.3) is 0 Å². The lowest BCUT2D eigenvalue weighted by Gasteiger charge is -2.17. The highest BCUT2D eigenvalue weighted by molar-refractivity contribution is 7.89. The highest BCUT2D eigenvalue weighted by Crippen LogP contribution is 2.24. The Hall–Kier alpha value is -1.66. The molecule has 1 N–H and O–H groups in total. The van der Waals surface area contributed by atoms with Gasteiger partial charge in [0.2, 0.25) is 10.0 Å². The minimum Gasteiger partial charge on any atom is -0.360 e. The van der Waals surface area contributed by atoms with Crippen LogP contribution in [0.15, 0.2) is 33.7 Å². The van der Waals surface area contributed by atoms with Crippen molar-refractivity contribution in [2.24, 2.45) is 0 Å². The second-order valence-electron chi connectivity index (χ2n) is 5.15. The van der Waals surface area contributed by atoms with Gasteiger partial charge in [0.1, 0.15) is 10.6 Å². The number of sulfonamides is 1. The molecule has 0 saturated carbocycles. The molecular formula is C15H20N2O3S. The van der Waals surface area contributed by atoms with Crippen molar-refractivity contribution in [3.63, 3.8) is 0 Å². The Bertz CT molecular complexity index is 698. The van der Waals surface area contributed by atoms with E-state index in [1.54, 1.807) is 13.8 Å². The number of hydrogen-bond acceptors (Lipinski definition) is 4. The van der Waals surface area contributed by atoms with Gasteiger partial charge in [0.05, 0.1) is 0 Å². The van der Waals surface area contributed by atoms with Crippen LogP contribution < -0.4 is 4.72 Å². The molecule has 0 radical (unpaired) electrons. The molecular weight excluding hydrogens is 288 g/mol. The Labute approximate surface area is 125 Å². The van der Waals surface area contributed by atoms with Crippen LogP contribution in [0.25, 0.3) is 0 Å². The van der Waals surface area contributed by atoms with E-state index in [-0.39, 0.29) is 10.9 Å². The summed E-state index contributed by atoms with van der Waals surface area (Å²) >= 11 is 0. The molecule has 114 valence electrons. The van der Waals surface area contributed by atoms with E-state index in [1.165, 1.54) is 0 Å². The third-order valence-corrected chi connectivity index (χ3v) is 5.14. The maximum Gasteiger partial charge on any atom is 0.246 e. The smallest absolute Gasteiger partial charge is 0.246 e. The Kier molecular flexibility index (Phi) is 4.49. The molecule has 0 bridgehead atoms. The van der Waals surface area contributed by atoms with Gasteiger partial charge in [0.15, 0.2) is 5.76 Å². The first-order valence-electron chi connectivity index (χ1n) is 6.87. The second kappa shape index (κ2) is 5.99. The van der Waals surface area contributed by atoms with E-state index in [0.717, 1.165) is 11.1 Å². The minimum atomic E-state index is -3.65. The van der Waals surface area contributed by atoms with Gasteiger partial charge in [-0.2, -0.15) is 0 Å². The molecule has 0 aliphatic rings. The van der Waals surface area contributed by atoms with E-state index < -0.39 is 10.0 Å². The summed E-state index contributed by atoms with van der Waals surface area (Å²) in [5.41, 5.74) is 2.46. The molecule has 1 unspecified atom stereocenters. The molecule has 0 spiro atoms. The van der Waals surface area contributed by atoms with Crippen LogP contribution in [0.5, 0.6) is 0 Å². The van der Waals surface area contributed by atoms with Gasteiger partial charge in [-0.05, 0) is 32.8 Å². The van der Waals surface area contributed by atoms with Crippen LogP contribution in [0.3, 0.4) is 0 Å². The average Bonchev–Trinajstić information content (AvgIpc) is 2.77. The van der Waals surface area contributed by atoms with Crippen molar-refractivity contribution >= 4 is 10.0 Å². The van der Waals surface area contributed by atoms with Gasteiger partial charge in [-0.15, -0.1) is 0 Å². The Morgan fingerprint density at radius 2 is 1.81 bits per heavy atom. The molecule has 1 atom stereocenters. The van der Waals surface area contributed by atoms with Crippen molar-refractivity contribution in [2.45, 2.75) is 45.1 Å². The zero-order valence-corrected chi connectivity index (χ0v) is 13.5. The monoisotopic (exact) mass is 308 g/mol. The number of benzene rings is 1. The number of aryl methyl sites for hydroxylation is 3. The number of rotatable bonds is 5. The minimum absolute atomic E-state index is 0.132. The normalized spacial score (nSPS) is 13.3. The van der Waals surface area contributed by atoms with Crippen LogP contribution in [-0.4, -0.2) is 13.6 Å². The predicted molar refractivity (Wildman–Crippen MR) is 80.5 cm³/mol. The molecule has 0 saturated heterocycles. The maximum atomic E-state index is 12.5. The molecule has 21 heavy (non-hydrogen) atoms. The van der Waals surface area contributed by atoms with Crippen LogP contribution >= 0.6 is 0 Å². The maximum absolute atomic E-state index is 12.5. The summed E-state index contributed by atoms with van der Waals surface area (Å²) in [6.07, 6.45) is 0.658. The number of aromatic nitrogens is 1. The lowest BCUT2D eigenvalue weighted by molar-refractivity contribution is 0.390. The second-order valence-corrected chi connectivity index (χ2v) is 6.80. The van der Waals surface area contributed by atoms with Gasteiger partial charge in [0, 0.05) is 6.04 Å². The molecule has 1 aromatic carbocycles. The summed E-state index contributed by atoms with van der Waals surface area (Å²) in [4.78, 5) is 0.132. The van der Waals surface area contributed by atoms with Crippen molar-refractivity contribution in [3.05, 3.63) is 46.8 Å². The first-order valence-corrected chi connectivity index (χ1v) is 8.35. The fourth-order valence-corrected chi connectivity index (χ4v) is 3.93. The summed E-state index contributed by atoms with van der Waals surface area (Å²) in [7, 11) is -3.65. The average molecular weight is 308 g/mol. The topological polar surface area (TPSA) is 72.2 Å². The van der Waals surface area contributed by atoms with Gasteiger partial charge in [-0.25, -0.2) is 13.1 Å². The molecule has 5 nitrogen and oxygen atoms in total. The Morgan fingerprint density at radius 1 is 1.19 bits per heavy atom. The third-order valence-electron chi connectivity index (χ3n) is 3.42. The van der Waals surface area contributed by atoms with E-state index in [4.69, 9.17) is 4.52 Å². The molecule has 1 aromatic heterocycles. The Morgan fingerprint density at radius 3 is 2.29 bits per heavy atom. The van der Waals surface area contributed by atoms with Crippen molar-refractivity contribution in [2.75, 3.05) is 0 Å². The quantitative estimate of drug-likeness (QED) is 0.921. The van der Waals surface area contributed by atoms with Crippen molar-refractivity contribution < 1.29 is 12.9 Å². The molecule has 0 aliphatic heterocycles. The van der Waals surface area contributed by atoms with Crippen LogP contribution in [0, 0.1) is 20.8 Å². The summed E-state index contributed by atoms with van der Waals surface area (Å²) in [6, 6.07) is 7.56. The highest BCUT2D eigenvalue weighted by Gasteiger charge is 2.27. The number of nitrogens with zero attached hydrogens (tertiary/aromatic N) is 1. The van der Waals surface area contributed by atoms with Crippen LogP contribution in [0.1, 0.15) is 42.0 Å². The standard InChI is InChI=1S/C15H20N2O3S/c1-5-14(13-8-6-10(2)7-9-13)17-21(18,19)15-11(3)16-20-12(15)4/h6-9,14,17H,5H2,1-4H3. The summed E-state index contributed by atoms with van der Waals surface area (Å²) in [5, 5.41) is 3.71. The molecule has 0 aliphatic carbocycles. The fraction of sp³-hybridized carbons (Fsp3) is 0.400. The fourth-order valence-electron chi connectivity index (χ4n) is 2.29. The number of nitrogens with one attached hydrogen (secondary N) is 1. The van der Waals surface area contributed by atoms with Crippen LogP contribution in [0.2, 0.25) is 0 Å². The lowest BCUT2D eigenvalue weighted by Crippen LogP contribution is -2.29. The van der Waals surface area contributed by atoms with Gasteiger partial charge in [-0.1, -0.05) is 41.9 Å². The molecule has 6 heteroatoms. The first-order chi connectivity index (χ1) is 9.85. The number of hydrogen-bond donors (Lipinski definition) is 1. The molecule has 1 heterocycles. The largest absolute Gasteiger partial charge is 0.360 e. The molecule has 2 rings (SSSR count). The van der Waals surface area contributed by atoms with E-state index >= 15 is 0 Å². The SMILES string of the molecule is CCC(NS(=O)(=O)c1c(C)noc1C)c1ccc(C)cc1. The van der Waals surface area contributed by atoms with E-state index in [9.17, 15) is 8.42 Å². The highest BCUT2D eigenvalue weighted by atomic mass is 32.2. The van der Waals surface area contributed by atoms with Crippen LogP contribution in [0.4, 0.5) is 0 Å². The zero-order valence-electron chi connectivity index (χ0n) is 12.7. The lowest BCUT2D eigenvalue weighted by atomic mass is 10.0. The molecule has 0 amide bonds. The van der Waals surface area contributed by atoms with Crippen molar-refractivity contribution in [1.82, 2.24) is 9.88 Å². The van der Waals surface area contributed by atoms with E-state index in [2.05, 4.69) is 9.88 Å². The third kappa shape index (κ3) is 3.33. The van der Waals surface area contributed by atoms with Gasteiger partial charge in [-0.3, -0.25) is 0 Å². The zero-order chi connectivity index (χ0) is 15.6. The summed E-state index contributed by atoms with van der Waals surface area (Å²) < 4.78 is 32.8. The predicted octanol–water partition coefficient (Wildman–Crippen LogP) is 3.03. The van der Waals surface area contributed by atoms with Crippen molar-refractivity contribution in [1.29, 1.82) is 0 Å². The van der Waals surface area contributed by atoms with Gasteiger partial charge < -0.3 is 4.52 Å². The van der Waals surface area contributed by atoms with Crippen molar-refractivity contribution in [3.8, 4) is 0 Å².